The largest absolute Gasteiger partial charge is 0.457 e. The van der Waals surface area contributed by atoms with E-state index >= 15 is 0 Å². The predicted molar refractivity (Wildman–Crippen MR) is 135 cm³/mol. The van der Waals surface area contributed by atoms with E-state index in [-0.39, 0.29) is 12.5 Å². The number of benzene rings is 4. The zero-order valence-electron chi connectivity index (χ0n) is 18.6. The van der Waals surface area contributed by atoms with E-state index in [2.05, 4.69) is 5.32 Å². The number of sulfonamides is 1. The average Bonchev–Trinajstić information content (AvgIpc) is 2.84. The summed E-state index contributed by atoms with van der Waals surface area (Å²) in [6.45, 7) is 0.174. The Bertz CT molecular complexity index is 1340. The summed E-state index contributed by atoms with van der Waals surface area (Å²) in [7, 11) is -3.46. The van der Waals surface area contributed by atoms with Gasteiger partial charge in [0.25, 0.3) is 5.91 Å². The zero-order valence-corrected chi connectivity index (χ0v) is 19.4. The fourth-order valence-electron chi connectivity index (χ4n) is 3.36. The van der Waals surface area contributed by atoms with Crippen molar-refractivity contribution >= 4 is 27.3 Å². The molecule has 0 atom stereocenters. The lowest BCUT2D eigenvalue weighted by atomic mass is 10.1. The minimum absolute atomic E-state index is 0.174. The first-order valence-electron chi connectivity index (χ1n) is 10.6. The van der Waals surface area contributed by atoms with E-state index < -0.39 is 10.0 Å². The number of hydrogen-bond donors (Lipinski definition) is 1. The number of ether oxygens (including phenoxy) is 1. The van der Waals surface area contributed by atoms with E-state index in [0.717, 1.165) is 11.3 Å². The van der Waals surface area contributed by atoms with Gasteiger partial charge in [-0.15, -0.1) is 0 Å². The SMILES string of the molecule is CS(=O)(=O)N(Cc1ccc(C(=O)Nc2ccc(Oc3ccccc3)cc2)cc1)c1ccccc1. The molecule has 0 bridgehead atoms. The van der Waals surface area contributed by atoms with Crippen molar-refractivity contribution in [2.75, 3.05) is 15.9 Å². The highest BCUT2D eigenvalue weighted by Gasteiger charge is 2.18. The zero-order chi connectivity index (χ0) is 24.0. The minimum atomic E-state index is -3.46. The predicted octanol–water partition coefficient (Wildman–Crippen LogP) is 5.70. The van der Waals surface area contributed by atoms with E-state index in [1.54, 1.807) is 72.8 Å². The summed E-state index contributed by atoms with van der Waals surface area (Å²) in [5, 5.41) is 2.86. The first kappa shape index (κ1) is 23.1. The quantitative estimate of drug-likeness (QED) is 0.357. The molecular weight excluding hydrogens is 448 g/mol. The third-order valence-corrected chi connectivity index (χ3v) is 6.22. The maximum absolute atomic E-state index is 12.7. The number of anilines is 2. The Labute approximate surface area is 199 Å². The number of carbonyl (C=O) groups excluding carboxylic acids is 1. The van der Waals surface area contributed by atoms with Gasteiger partial charge in [0, 0.05) is 11.3 Å². The number of para-hydroxylation sites is 2. The second-order valence-electron chi connectivity index (χ2n) is 7.70. The van der Waals surface area contributed by atoms with Crippen molar-refractivity contribution in [1.29, 1.82) is 0 Å². The van der Waals surface area contributed by atoms with Crippen molar-refractivity contribution in [2.45, 2.75) is 6.54 Å². The van der Waals surface area contributed by atoms with Crippen LogP contribution >= 0.6 is 0 Å². The lowest BCUT2D eigenvalue weighted by Gasteiger charge is -2.22. The van der Waals surface area contributed by atoms with Crippen LogP contribution in [0.25, 0.3) is 0 Å². The van der Waals surface area contributed by atoms with Crippen LogP contribution in [0.4, 0.5) is 11.4 Å². The molecule has 0 unspecified atom stereocenters. The lowest BCUT2D eigenvalue weighted by Crippen LogP contribution is -2.29. The van der Waals surface area contributed by atoms with Crippen molar-refractivity contribution in [3.05, 3.63) is 120 Å². The molecule has 0 fully saturated rings. The fourth-order valence-corrected chi connectivity index (χ4v) is 4.24. The van der Waals surface area contributed by atoms with Gasteiger partial charge in [0.1, 0.15) is 11.5 Å². The molecule has 1 N–H and O–H groups in total. The van der Waals surface area contributed by atoms with Crippen LogP contribution in [0.1, 0.15) is 15.9 Å². The van der Waals surface area contributed by atoms with E-state index in [1.165, 1.54) is 10.6 Å². The van der Waals surface area contributed by atoms with Crippen molar-refractivity contribution < 1.29 is 17.9 Å². The highest BCUT2D eigenvalue weighted by Crippen LogP contribution is 2.23. The normalized spacial score (nSPS) is 11.0. The van der Waals surface area contributed by atoms with Crippen LogP contribution in [0.15, 0.2) is 109 Å². The molecule has 7 heteroatoms. The third-order valence-electron chi connectivity index (χ3n) is 5.08. The van der Waals surface area contributed by atoms with Gasteiger partial charge in [-0.1, -0.05) is 48.5 Å². The number of amides is 1. The van der Waals surface area contributed by atoms with Gasteiger partial charge < -0.3 is 10.1 Å². The van der Waals surface area contributed by atoms with Crippen molar-refractivity contribution in [3.8, 4) is 11.5 Å². The summed E-state index contributed by atoms with van der Waals surface area (Å²) in [5.41, 5.74) is 2.47. The third kappa shape index (κ3) is 6.02. The number of hydrogen-bond acceptors (Lipinski definition) is 4. The van der Waals surface area contributed by atoms with Gasteiger partial charge in [0.15, 0.2) is 0 Å². The molecule has 34 heavy (non-hydrogen) atoms. The molecule has 0 saturated carbocycles. The molecule has 0 aliphatic carbocycles. The van der Waals surface area contributed by atoms with Gasteiger partial charge in [-0.05, 0) is 66.2 Å². The van der Waals surface area contributed by atoms with Crippen molar-refractivity contribution in [1.82, 2.24) is 0 Å². The summed E-state index contributed by atoms with van der Waals surface area (Å²) in [4.78, 5) is 12.7. The Morgan fingerprint density at radius 2 is 1.32 bits per heavy atom. The molecule has 172 valence electrons. The highest BCUT2D eigenvalue weighted by atomic mass is 32.2. The molecule has 4 aromatic rings. The maximum Gasteiger partial charge on any atom is 0.255 e. The van der Waals surface area contributed by atoms with Crippen LogP contribution in [0.3, 0.4) is 0 Å². The first-order chi connectivity index (χ1) is 16.4. The van der Waals surface area contributed by atoms with Crippen LogP contribution < -0.4 is 14.4 Å². The number of carbonyl (C=O) groups is 1. The second-order valence-corrected chi connectivity index (χ2v) is 9.60. The monoisotopic (exact) mass is 472 g/mol. The standard InChI is InChI=1S/C27H24N2O4S/c1-34(31,32)29(24-8-4-2-5-9-24)20-21-12-14-22(15-13-21)27(30)28-23-16-18-26(19-17-23)33-25-10-6-3-7-11-25/h2-19H,20H2,1H3,(H,28,30). The lowest BCUT2D eigenvalue weighted by molar-refractivity contribution is 0.102. The molecule has 1 amide bonds. The molecule has 0 aromatic heterocycles. The molecule has 0 spiro atoms. The second kappa shape index (κ2) is 10.2. The molecule has 4 rings (SSSR count). The molecule has 0 saturated heterocycles. The van der Waals surface area contributed by atoms with Crippen LogP contribution in [0.5, 0.6) is 11.5 Å². The molecule has 6 nitrogen and oxygen atoms in total. The van der Waals surface area contributed by atoms with Gasteiger partial charge in [0.2, 0.25) is 10.0 Å². The van der Waals surface area contributed by atoms with Gasteiger partial charge >= 0.3 is 0 Å². The average molecular weight is 473 g/mol. The van der Waals surface area contributed by atoms with E-state index in [0.29, 0.717) is 22.7 Å². The Morgan fingerprint density at radius 3 is 1.91 bits per heavy atom. The Balaban J connectivity index is 1.40. The summed E-state index contributed by atoms with van der Waals surface area (Å²) in [6.07, 6.45) is 1.18. The van der Waals surface area contributed by atoms with Gasteiger partial charge in [-0.25, -0.2) is 8.42 Å². The van der Waals surface area contributed by atoms with E-state index in [9.17, 15) is 13.2 Å². The summed E-state index contributed by atoms with van der Waals surface area (Å²) >= 11 is 0. The number of rotatable bonds is 8. The van der Waals surface area contributed by atoms with Gasteiger partial charge in [0.05, 0.1) is 18.5 Å². The topological polar surface area (TPSA) is 75.7 Å². The summed E-state index contributed by atoms with van der Waals surface area (Å²) < 4.78 is 31.7. The molecule has 0 aliphatic rings. The summed E-state index contributed by atoms with van der Waals surface area (Å²) in [5.74, 6) is 1.15. The Kier molecular flexibility index (Phi) is 6.94. The van der Waals surface area contributed by atoms with Crippen LogP contribution in [0.2, 0.25) is 0 Å². The van der Waals surface area contributed by atoms with Crippen molar-refractivity contribution in [3.63, 3.8) is 0 Å². The maximum atomic E-state index is 12.7. The molecule has 0 aliphatic heterocycles. The van der Waals surface area contributed by atoms with Gasteiger partial charge in [-0.3, -0.25) is 9.10 Å². The summed E-state index contributed by atoms with van der Waals surface area (Å²) in [6, 6.07) is 32.4. The molecular formula is C27H24N2O4S. The smallest absolute Gasteiger partial charge is 0.255 e. The molecule has 0 heterocycles. The first-order valence-corrected chi connectivity index (χ1v) is 12.5. The molecule has 0 radical (unpaired) electrons. The Hall–Kier alpha value is -4.10. The van der Waals surface area contributed by atoms with E-state index in [1.807, 2.05) is 36.4 Å². The van der Waals surface area contributed by atoms with Crippen molar-refractivity contribution in [2.24, 2.45) is 0 Å². The molecule has 4 aromatic carbocycles. The fraction of sp³-hybridized carbons (Fsp3) is 0.0741. The van der Waals surface area contributed by atoms with Crippen LogP contribution in [-0.4, -0.2) is 20.6 Å². The number of nitrogens with zero attached hydrogens (tertiary/aromatic N) is 1. The van der Waals surface area contributed by atoms with E-state index in [4.69, 9.17) is 4.74 Å². The number of nitrogens with one attached hydrogen (secondary N) is 1. The Morgan fingerprint density at radius 1 is 0.765 bits per heavy atom. The van der Waals surface area contributed by atoms with Crippen LogP contribution in [-0.2, 0) is 16.6 Å². The van der Waals surface area contributed by atoms with Gasteiger partial charge in [-0.2, -0.15) is 0 Å². The van der Waals surface area contributed by atoms with Crippen LogP contribution in [0, 0.1) is 0 Å². The minimum Gasteiger partial charge on any atom is -0.457 e. The highest BCUT2D eigenvalue weighted by molar-refractivity contribution is 7.92.